The van der Waals surface area contributed by atoms with Gasteiger partial charge in [0.05, 0.1) is 11.8 Å². The maximum atomic E-state index is 12.3. The fourth-order valence-corrected chi connectivity index (χ4v) is 4.18. The van der Waals surface area contributed by atoms with E-state index in [0.29, 0.717) is 26.1 Å². The van der Waals surface area contributed by atoms with Gasteiger partial charge in [-0.25, -0.2) is 8.42 Å². The number of ether oxygens (including phenoxy) is 1. The Labute approximate surface area is 120 Å². The van der Waals surface area contributed by atoms with Gasteiger partial charge in [-0.05, 0) is 31.7 Å². The van der Waals surface area contributed by atoms with Gasteiger partial charge in [0.25, 0.3) is 0 Å². The van der Waals surface area contributed by atoms with E-state index in [9.17, 15) is 8.42 Å². The first-order chi connectivity index (χ1) is 9.63. The first kappa shape index (κ1) is 15.5. The minimum absolute atomic E-state index is 0.160. The molecule has 20 heavy (non-hydrogen) atoms. The molecule has 1 aromatic rings. The van der Waals surface area contributed by atoms with Gasteiger partial charge in [-0.1, -0.05) is 0 Å². The summed E-state index contributed by atoms with van der Waals surface area (Å²) in [5.41, 5.74) is 0. The molecule has 6 nitrogen and oxygen atoms in total. The highest BCUT2D eigenvalue weighted by atomic mass is 32.2. The van der Waals surface area contributed by atoms with Crippen molar-refractivity contribution in [3.8, 4) is 0 Å². The largest absolute Gasteiger partial charge is 0.385 e. The Morgan fingerprint density at radius 3 is 2.95 bits per heavy atom. The molecule has 7 heteroatoms. The standard InChI is InChI=1S/C13H23N3O3S/c1-19-10-2-3-11-20(17,18)15-8-4-6-13(12-15)16-9-5-7-14-16/h5,7,9,13H,2-4,6,8,10-12H2,1H3. The molecule has 2 heterocycles. The number of aromatic nitrogens is 2. The van der Waals surface area contributed by atoms with E-state index in [-0.39, 0.29) is 11.8 Å². The number of rotatable bonds is 7. The predicted octanol–water partition coefficient (Wildman–Crippen LogP) is 1.28. The Morgan fingerprint density at radius 2 is 2.25 bits per heavy atom. The summed E-state index contributed by atoms with van der Waals surface area (Å²) < 4.78 is 33.1. The number of methoxy groups -OCH3 is 1. The Morgan fingerprint density at radius 1 is 1.40 bits per heavy atom. The molecule has 0 amide bonds. The van der Waals surface area contributed by atoms with E-state index in [2.05, 4.69) is 5.10 Å². The van der Waals surface area contributed by atoms with Crippen LogP contribution in [0.4, 0.5) is 0 Å². The molecule has 1 aromatic heterocycles. The summed E-state index contributed by atoms with van der Waals surface area (Å²) in [5.74, 6) is 0.211. The second-order valence-electron chi connectivity index (χ2n) is 5.16. The fourth-order valence-electron chi connectivity index (χ4n) is 2.55. The zero-order valence-corrected chi connectivity index (χ0v) is 12.8. The van der Waals surface area contributed by atoms with Crippen LogP contribution in [-0.4, -0.2) is 55.1 Å². The minimum atomic E-state index is -3.15. The minimum Gasteiger partial charge on any atom is -0.385 e. The zero-order chi connectivity index (χ0) is 14.4. The van der Waals surface area contributed by atoms with Crippen LogP contribution >= 0.6 is 0 Å². The van der Waals surface area contributed by atoms with Crippen molar-refractivity contribution in [3.05, 3.63) is 18.5 Å². The van der Waals surface area contributed by atoms with Crippen molar-refractivity contribution in [1.82, 2.24) is 14.1 Å². The molecular formula is C13H23N3O3S. The van der Waals surface area contributed by atoms with Gasteiger partial charge >= 0.3 is 0 Å². The van der Waals surface area contributed by atoms with Gasteiger partial charge in [0.1, 0.15) is 0 Å². The lowest BCUT2D eigenvalue weighted by atomic mass is 10.1. The summed E-state index contributed by atoms with van der Waals surface area (Å²) in [7, 11) is -1.52. The van der Waals surface area contributed by atoms with Gasteiger partial charge in [0.15, 0.2) is 0 Å². The van der Waals surface area contributed by atoms with Crippen molar-refractivity contribution >= 4 is 10.0 Å². The van der Waals surface area contributed by atoms with Crippen molar-refractivity contribution in [1.29, 1.82) is 0 Å². The molecule has 0 saturated carbocycles. The second-order valence-corrected chi connectivity index (χ2v) is 7.24. The summed E-state index contributed by atoms with van der Waals surface area (Å²) in [6, 6.07) is 2.03. The van der Waals surface area contributed by atoms with Crippen LogP contribution in [0.25, 0.3) is 0 Å². The molecule has 1 aliphatic rings. The highest BCUT2D eigenvalue weighted by molar-refractivity contribution is 7.89. The smallest absolute Gasteiger partial charge is 0.214 e. The SMILES string of the molecule is COCCCCS(=O)(=O)N1CCCC(n2cccn2)C1. The van der Waals surface area contributed by atoms with Crippen molar-refractivity contribution < 1.29 is 13.2 Å². The number of hydrogen-bond acceptors (Lipinski definition) is 4. The average molecular weight is 301 g/mol. The van der Waals surface area contributed by atoms with Crippen molar-refractivity contribution in [2.75, 3.05) is 32.6 Å². The van der Waals surface area contributed by atoms with Crippen molar-refractivity contribution in [3.63, 3.8) is 0 Å². The zero-order valence-electron chi connectivity index (χ0n) is 11.9. The van der Waals surface area contributed by atoms with E-state index in [1.165, 1.54) is 0 Å². The molecule has 1 saturated heterocycles. The molecular weight excluding hydrogens is 278 g/mol. The van der Waals surface area contributed by atoms with Gasteiger partial charge in [-0.2, -0.15) is 9.40 Å². The van der Waals surface area contributed by atoms with E-state index in [4.69, 9.17) is 4.74 Å². The molecule has 1 unspecified atom stereocenters. The molecule has 0 N–H and O–H groups in total. The third-order valence-corrected chi connectivity index (χ3v) is 5.58. The summed E-state index contributed by atoms with van der Waals surface area (Å²) in [5, 5.41) is 4.22. The summed E-state index contributed by atoms with van der Waals surface area (Å²) in [6.45, 7) is 1.78. The Kier molecular flexibility index (Phi) is 5.56. The molecule has 0 aliphatic carbocycles. The molecule has 0 radical (unpaired) electrons. The number of nitrogens with zero attached hydrogens (tertiary/aromatic N) is 3. The number of unbranched alkanes of at least 4 members (excludes halogenated alkanes) is 1. The van der Waals surface area contributed by atoms with Gasteiger partial charge in [-0.3, -0.25) is 4.68 Å². The molecule has 1 fully saturated rings. The lowest BCUT2D eigenvalue weighted by Crippen LogP contribution is -2.41. The van der Waals surface area contributed by atoms with Crippen LogP contribution in [0.5, 0.6) is 0 Å². The lowest BCUT2D eigenvalue weighted by Gasteiger charge is -2.32. The van der Waals surface area contributed by atoms with Crippen LogP contribution in [0.1, 0.15) is 31.7 Å². The van der Waals surface area contributed by atoms with Crippen LogP contribution in [0, 0.1) is 0 Å². The van der Waals surface area contributed by atoms with Crippen LogP contribution < -0.4 is 0 Å². The Hall–Kier alpha value is -0.920. The Bertz CT molecular complexity index is 487. The van der Waals surface area contributed by atoms with Gasteiger partial charge in [-0.15, -0.1) is 0 Å². The van der Waals surface area contributed by atoms with Crippen molar-refractivity contribution in [2.45, 2.75) is 31.7 Å². The van der Waals surface area contributed by atoms with E-state index in [0.717, 1.165) is 19.3 Å². The van der Waals surface area contributed by atoms with Crippen LogP contribution in [0.2, 0.25) is 0 Å². The highest BCUT2D eigenvalue weighted by Gasteiger charge is 2.29. The highest BCUT2D eigenvalue weighted by Crippen LogP contribution is 2.23. The third kappa shape index (κ3) is 4.04. The van der Waals surface area contributed by atoms with E-state index in [1.54, 1.807) is 17.6 Å². The number of sulfonamides is 1. The molecule has 1 aliphatic heterocycles. The fraction of sp³-hybridized carbons (Fsp3) is 0.769. The van der Waals surface area contributed by atoms with E-state index in [1.807, 2.05) is 16.9 Å². The quantitative estimate of drug-likeness (QED) is 0.712. The summed E-state index contributed by atoms with van der Waals surface area (Å²) >= 11 is 0. The first-order valence-electron chi connectivity index (χ1n) is 7.09. The van der Waals surface area contributed by atoms with Gasteiger partial charge < -0.3 is 4.74 Å². The number of hydrogen-bond donors (Lipinski definition) is 0. The monoisotopic (exact) mass is 301 g/mol. The molecule has 1 atom stereocenters. The predicted molar refractivity (Wildman–Crippen MR) is 77.0 cm³/mol. The van der Waals surface area contributed by atoms with Gasteiger partial charge in [0, 0.05) is 39.2 Å². The van der Waals surface area contributed by atoms with E-state index < -0.39 is 10.0 Å². The van der Waals surface area contributed by atoms with E-state index >= 15 is 0 Å². The van der Waals surface area contributed by atoms with Crippen LogP contribution in [0.15, 0.2) is 18.5 Å². The molecule has 0 bridgehead atoms. The topological polar surface area (TPSA) is 64.4 Å². The van der Waals surface area contributed by atoms with Crippen LogP contribution in [0.3, 0.4) is 0 Å². The molecule has 114 valence electrons. The van der Waals surface area contributed by atoms with Gasteiger partial charge in [0.2, 0.25) is 10.0 Å². The summed E-state index contributed by atoms with van der Waals surface area (Å²) in [6.07, 6.45) is 6.95. The van der Waals surface area contributed by atoms with Crippen molar-refractivity contribution in [2.24, 2.45) is 0 Å². The molecule has 0 spiro atoms. The molecule has 2 rings (SSSR count). The normalized spacial score (nSPS) is 21.1. The Balaban J connectivity index is 1.90. The average Bonchev–Trinajstić information content (AvgIpc) is 2.98. The van der Waals surface area contributed by atoms with Crippen LogP contribution in [-0.2, 0) is 14.8 Å². The number of piperidine rings is 1. The first-order valence-corrected chi connectivity index (χ1v) is 8.70. The maximum Gasteiger partial charge on any atom is 0.214 e. The second kappa shape index (κ2) is 7.19. The maximum absolute atomic E-state index is 12.3. The third-order valence-electron chi connectivity index (χ3n) is 3.65. The lowest BCUT2D eigenvalue weighted by molar-refractivity contribution is 0.194. The molecule has 0 aromatic carbocycles. The summed E-state index contributed by atoms with van der Waals surface area (Å²) in [4.78, 5) is 0.